The van der Waals surface area contributed by atoms with E-state index in [4.69, 9.17) is 9.47 Å². The van der Waals surface area contributed by atoms with Gasteiger partial charge in [-0.1, -0.05) is 36.4 Å². The van der Waals surface area contributed by atoms with E-state index in [1.165, 1.54) is 10.8 Å². The van der Waals surface area contributed by atoms with E-state index in [2.05, 4.69) is 35.3 Å². The summed E-state index contributed by atoms with van der Waals surface area (Å²) in [6.45, 7) is 0. The van der Waals surface area contributed by atoms with Gasteiger partial charge in [0.25, 0.3) is 0 Å². The highest BCUT2D eigenvalue weighted by Gasteiger charge is 2.14. The summed E-state index contributed by atoms with van der Waals surface area (Å²) in [5.74, 6) is 0. The van der Waals surface area contributed by atoms with Gasteiger partial charge >= 0.3 is 0 Å². The predicted molar refractivity (Wildman–Crippen MR) is 81.8 cm³/mol. The van der Waals surface area contributed by atoms with Crippen molar-refractivity contribution >= 4 is 22.1 Å². The van der Waals surface area contributed by atoms with Crippen LogP contribution in [-0.4, -0.2) is 19.2 Å². The van der Waals surface area contributed by atoms with Gasteiger partial charge in [-0.2, -0.15) is 0 Å². The molecule has 0 saturated heterocycles. The van der Waals surface area contributed by atoms with Crippen LogP contribution in [0.3, 0.4) is 0 Å². The Balaban J connectivity index is 1.98. The van der Waals surface area contributed by atoms with Crippen molar-refractivity contribution in [3.63, 3.8) is 0 Å². The Labute approximate surface area is 121 Å². The fourth-order valence-electron chi connectivity index (χ4n) is 2.19. The molecule has 0 atom stereocenters. The highest BCUT2D eigenvalue weighted by molar-refractivity contribution is 7.13. The van der Waals surface area contributed by atoms with E-state index in [-0.39, 0.29) is 0 Å². The molecule has 0 saturated carbocycles. The van der Waals surface area contributed by atoms with Gasteiger partial charge in [0.2, 0.25) is 6.29 Å². The number of benzene rings is 2. The van der Waals surface area contributed by atoms with Crippen LogP contribution < -0.4 is 0 Å². The number of hydrogen-bond donors (Lipinski definition) is 0. The van der Waals surface area contributed by atoms with Crippen LogP contribution in [0, 0.1) is 0 Å². The monoisotopic (exact) mass is 285 g/mol. The van der Waals surface area contributed by atoms with Crippen molar-refractivity contribution < 1.29 is 9.47 Å². The molecule has 1 heterocycles. The second-order valence-corrected chi connectivity index (χ2v) is 5.30. The average Bonchev–Trinajstić information content (AvgIpc) is 2.98. The SMILES string of the molecule is COC(OC)c1csc(-c2ccc3ccccc3c2)n1. The van der Waals surface area contributed by atoms with E-state index < -0.39 is 6.29 Å². The maximum Gasteiger partial charge on any atom is 0.201 e. The normalized spacial score (nSPS) is 11.3. The highest BCUT2D eigenvalue weighted by atomic mass is 32.1. The number of nitrogens with zero attached hydrogens (tertiary/aromatic N) is 1. The van der Waals surface area contributed by atoms with Gasteiger partial charge in [0.05, 0.1) is 0 Å². The first-order valence-corrected chi connectivity index (χ1v) is 7.20. The smallest absolute Gasteiger partial charge is 0.201 e. The molecule has 0 spiro atoms. The Morgan fingerprint density at radius 1 is 1.00 bits per heavy atom. The Kier molecular flexibility index (Phi) is 3.78. The first-order valence-electron chi connectivity index (χ1n) is 6.32. The molecule has 0 unspecified atom stereocenters. The molecule has 2 aromatic carbocycles. The summed E-state index contributed by atoms with van der Waals surface area (Å²) >= 11 is 1.60. The number of hydrogen-bond acceptors (Lipinski definition) is 4. The van der Waals surface area contributed by atoms with Crippen molar-refractivity contribution in [2.75, 3.05) is 14.2 Å². The molecule has 20 heavy (non-hydrogen) atoms. The van der Waals surface area contributed by atoms with Gasteiger partial charge in [-0.25, -0.2) is 4.98 Å². The lowest BCUT2D eigenvalue weighted by Crippen LogP contribution is -2.03. The molecular weight excluding hydrogens is 270 g/mol. The molecule has 3 nitrogen and oxygen atoms in total. The van der Waals surface area contributed by atoms with Crippen LogP contribution in [0.2, 0.25) is 0 Å². The maximum absolute atomic E-state index is 5.23. The lowest BCUT2D eigenvalue weighted by molar-refractivity contribution is -0.108. The van der Waals surface area contributed by atoms with Crippen LogP contribution in [0.25, 0.3) is 21.3 Å². The summed E-state index contributed by atoms with van der Waals surface area (Å²) in [4.78, 5) is 4.60. The van der Waals surface area contributed by atoms with E-state index in [1.807, 2.05) is 17.5 Å². The average molecular weight is 285 g/mol. The van der Waals surface area contributed by atoms with Crippen molar-refractivity contribution in [3.8, 4) is 10.6 Å². The summed E-state index contributed by atoms with van der Waals surface area (Å²) in [6, 6.07) is 14.7. The third-order valence-electron chi connectivity index (χ3n) is 3.19. The standard InChI is InChI=1S/C16H15NO2S/c1-18-16(19-2)14-10-20-15(17-14)13-8-7-11-5-3-4-6-12(11)9-13/h3-10,16H,1-2H3. The molecule has 0 radical (unpaired) electrons. The molecular formula is C16H15NO2S. The minimum atomic E-state index is -0.402. The van der Waals surface area contributed by atoms with Crippen molar-refractivity contribution in [3.05, 3.63) is 53.5 Å². The number of ether oxygens (including phenoxy) is 2. The van der Waals surface area contributed by atoms with Gasteiger partial charge in [-0.05, 0) is 16.8 Å². The Hall–Kier alpha value is -1.75. The second kappa shape index (κ2) is 5.71. The van der Waals surface area contributed by atoms with Crippen LogP contribution in [0.15, 0.2) is 47.8 Å². The van der Waals surface area contributed by atoms with E-state index in [0.717, 1.165) is 16.3 Å². The Morgan fingerprint density at radius 2 is 1.75 bits per heavy atom. The van der Waals surface area contributed by atoms with Gasteiger partial charge in [-0.15, -0.1) is 11.3 Å². The maximum atomic E-state index is 5.23. The van der Waals surface area contributed by atoms with Crippen LogP contribution in [0.5, 0.6) is 0 Å². The zero-order valence-electron chi connectivity index (χ0n) is 11.4. The zero-order valence-corrected chi connectivity index (χ0v) is 12.2. The van der Waals surface area contributed by atoms with E-state index in [9.17, 15) is 0 Å². The number of rotatable bonds is 4. The summed E-state index contributed by atoms with van der Waals surface area (Å²) in [7, 11) is 3.23. The van der Waals surface area contributed by atoms with E-state index in [1.54, 1.807) is 25.6 Å². The minimum absolute atomic E-state index is 0.402. The molecule has 1 aromatic heterocycles. The molecule has 0 aliphatic heterocycles. The van der Waals surface area contributed by atoms with Gasteiger partial charge in [0, 0.05) is 25.2 Å². The molecule has 3 rings (SSSR count). The Morgan fingerprint density at radius 3 is 2.50 bits per heavy atom. The molecule has 0 N–H and O–H groups in total. The summed E-state index contributed by atoms with van der Waals surface area (Å²) in [5.41, 5.74) is 1.93. The quantitative estimate of drug-likeness (QED) is 0.671. The number of aromatic nitrogens is 1. The number of methoxy groups -OCH3 is 2. The summed E-state index contributed by atoms with van der Waals surface area (Å²) in [6.07, 6.45) is -0.402. The predicted octanol–water partition coefficient (Wildman–Crippen LogP) is 4.25. The van der Waals surface area contributed by atoms with Gasteiger partial charge in [-0.3, -0.25) is 0 Å². The van der Waals surface area contributed by atoms with Crippen molar-refractivity contribution in [2.45, 2.75) is 6.29 Å². The van der Waals surface area contributed by atoms with Gasteiger partial charge < -0.3 is 9.47 Å². The largest absolute Gasteiger partial charge is 0.350 e. The zero-order chi connectivity index (χ0) is 13.9. The molecule has 102 valence electrons. The van der Waals surface area contributed by atoms with Crippen molar-refractivity contribution in [1.29, 1.82) is 0 Å². The molecule has 0 aliphatic rings. The molecule has 0 bridgehead atoms. The first kappa shape index (κ1) is 13.2. The summed E-state index contributed by atoms with van der Waals surface area (Å²) < 4.78 is 10.5. The second-order valence-electron chi connectivity index (χ2n) is 4.44. The number of thiazole rings is 1. The van der Waals surface area contributed by atoms with E-state index in [0.29, 0.717) is 0 Å². The van der Waals surface area contributed by atoms with Gasteiger partial charge in [0.15, 0.2) is 0 Å². The minimum Gasteiger partial charge on any atom is -0.350 e. The topological polar surface area (TPSA) is 31.4 Å². The van der Waals surface area contributed by atoms with Crippen molar-refractivity contribution in [1.82, 2.24) is 4.98 Å². The lowest BCUT2D eigenvalue weighted by atomic mass is 10.1. The molecule has 0 fully saturated rings. The van der Waals surface area contributed by atoms with E-state index >= 15 is 0 Å². The lowest BCUT2D eigenvalue weighted by Gasteiger charge is -2.09. The first-order chi connectivity index (χ1) is 9.81. The third-order valence-corrected chi connectivity index (χ3v) is 4.10. The number of fused-ring (bicyclic) bond motifs is 1. The van der Waals surface area contributed by atoms with Crippen LogP contribution in [-0.2, 0) is 9.47 Å². The Bertz CT molecular complexity index is 719. The molecule has 3 aromatic rings. The fraction of sp³-hybridized carbons (Fsp3) is 0.188. The molecule has 0 amide bonds. The van der Waals surface area contributed by atoms with Gasteiger partial charge in [0.1, 0.15) is 10.7 Å². The van der Waals surface area contributed by atoms with Crippen LogP contribution in [0.4, 0.5) is 0 Å². The third kappa shape index (κ3) is 2.45. The molecule has 4 heteroatoms. The summed E-state index contributed by atoms with van der Waals surface area (Å²) in [5, 5.41) is 5.41. The van der Waals surface area contributed by atoms with Crippen LogP contribution in [0.1, 0.15) is 12.0 Å². The highest BCUT2D eigenvalue weighted by Crippen LogP contribution is 2.29. The van der Waals surface area contributed by atoms with Crippen molar-refractivity contribution in [2.24, 2.45) is 0 Å². The molecule has 0 aliphatic carbocycles. The fourth-order valence-corrected chi connectivity index (χ4v) is 3.00. The van der Waals surface area contributed by atoms with Crippen LogP contribution >= 0.6 is 11.3 Å².